The van der Waals surface area contributed by atoms with Crippen LogP contribution in [0.25, 0.3) is 100 Å². The molecule has 0 saturated heterocycles. The van der Waals surface area contributed by atoms with E-state index < -0.39 is 6.85 Å². The van der Waals surface area contributed by atoms with Crippen LogP contribution in [-0.2, 0) is 0 Å². The van der Waals surface area contributed by atoms with Gasteiger partial charge in [-0.2, -0.15) is 0 Å². The van der Waals surface area contributed by atoms with Gasteiger partial charge in [-0.1, -0.05) is 133 Å². The summed E-state index contributed by atoms with van der Waals surface area (Å²) in [5.41, 5.74) is 13.5. The molecule has 0 aliphatic heterocycles. The monoisotopic (exact) mass is 773 g/mol. The molecule has 0 unspecified atom stereocenters. The van der Waals surface area contributed by atoms with Gasteiger partial charge >= 0.3 is 0 Å². The molecule has 11 rings (SSSR count). The lowest BCUT2D eigenvalue weighted by atomic mass is 9.95. The van der Waals surface area contributed by atoms with Crippen LogP contribution in [0.5, 0.6) is 5.75 Å². The Bertz CT molecular complexity index is 3500. The van der Waals surface area contributed by atoms with E-state index in [1.54, 1.807) is 24.3 Å². The van der Waals surface area contributed by atoms with Crippen LogP contribution in [0, 0.1) is 6.85 Å². The number of para-hydroxylation sites is 4. The first-order valence-corrected chi connectivity index (χ1v) is 20.0. The topological polar surface area (TPSA) is 55.9 Å². The molecule has 0 atom stereocenters. The number of aromatic hydroxyl groups is 1. The molecule has 0 aliphatic rings. The molecule has 0 spiro atoms. The fraction of sp³-hybridized carbons (Fsp3) is 0.0182. The summed E-state index contributed by atoms with van der Waals surface area (Å²) in [5.74, 6) is 0.594. The highest BCUT2D eigenvalue weighted by molar-refractivity contribution is 6.17. The van der Waals surface area contributed by atoms with Crippen LogP contribution in [0.15, 0.2) is 206 Å². The van der Waals surface area contributed by atoms with Gasteiger partial charge in [-0.05, 0) is 96.3 Å². The first kappa shape index (κ1) is 32.0. The second-order valence-corrected chi connectivity index (χ2v) is 15.0. The van der Waals surface area contributed by atoms with Crippen LogP contribution >= 0.6 is 0 Å². The third-order valence-electron chi connectivity index (χ3n) is 11.4. The van der Waals surface area contributed by atoms with Crippen molar-refractivity contribution in [2.75, 3.05) is 0 Å². The van der Waals surface area contributed by atoms with Gasteiger partial charge in [-0.3, -0.25) is 9.55 Å². The smallest absolute Gasteiger partial charge is 0.149 e. The minimum Gasteiger partial charge on any atom is -0.507 e. The van der Waals surface area contributed by atoms with E-state index in [1.165, 1.54) is 0 Å². The van der Waals surface area contributed by atoms with E-state index in [1.807, 2.05) is 97.2 Å². The Morgan fingerprint density at radius 2 is 1.18 bits per heavy atom. The molecule has 284 valence electrons. The predicted molar refractivity (Wildman–Crippen MR) is 247 cm³/mol. The number of phenols is 1. The third kappa shape index (κ3) is 5.87. The van der Waals surface area contributed by atoms with E-state index in [9.17, 15) is 5.11 Å². The molecule has 0 bridgehead atoms. The molecule has 5 nitrogen and oxygen atoms in total. The van der Waals surface area contributed by atoms with Crippen molar-refractivity contribution in [2.24, 2.45) is 0 Å². The fourth-order valence-corrected chi connectivity index (χ4v) is 8.68. The Labute approximate surface area is 352 Å². The number of nitrogens with zero attached hydrogens (tertiary/aromatic N) is 4. The molecule has 0 saturated carbocycles. The third-order valence-corrected chi connectivity index (χ3v) is 11.4. The molecule has 8 aromatic carbocycles. The van der Waals surface area contributed by atoms with E-state index in [2.05, 4.69) is 94.1 Å². The van der Waals surface area contributed by atoms with Crippen LogP contribution in [0.4, 0.5) is 0 Å². The van der Waals surface area contributed by atoms with Crippen LogP contribution in [-0.4, -0.2) is 24.2 Å². The standard InChI is InChI=1S/C55H38N4O/c1-36-28-29-50(45(32-36)38-18-7-3-8-19-38)59-51-26-15-24-43(53(51)57-55(59)44-23-12-14-27-52(44)60)47-34-40(48-35-39(30-31-56-48)37-16-5-2-6-17-37)33-46-42-22-11-13-25-49(42)58(54(46)47)41-20-9-4-10-21-41/h2-35,60H,1H3/i1D3. The summed E-state index contributed by atoms with van der Waals surface area (Å²) in [4.78, 5) is 10.4. The minimum absolute atomic E-state index is 0.0777. The van der Waals surface area contributed by atoms with Gasteiger partial charge in [-0.15, -0.1) is 0 Å². The molecule has 11 aromatic rings. The van der Waals surface area contributed by atoms with Crippen molar-refractivity contribution in [2.45, 2.75) is 6.85 Å². The Kier molecular flexibility index (Phi) is 7.69. The maximum absolute atomic E-state index is 11.5. The van der Waals surface area contributed by atoms with Crippen molar-refractivity contribution < 1.29 is 9.22 Å². The van der Waals surface area contributed by atoms with Gasteiger partial charge in [0.2, 0.25) is 0 Å². The van der Waals surface area contributed by atoms with Crippen molar-refractivity contribution >= 4 is 32.8 Å². The molecule has 1 N–H and O–H groups in total. The number of imidazole rings is 1. The van der Waals surface area contributed by atoms with Crippen molar-refractivity contribution in [3.8, 4) is 73.2 Å². The molecular weight excluding hydrogens is 733 g/mol. The molecule has 3 aromatic heterocycles. The average Bonchev–Trinajstić information content (AvgIpc) is 3.88. The van der Waals surface area contributed by atoms with Crippen molar-refractivity contribution in [3.05, 3.63) is 212 Å². The number of benzene rings is 8. The zero-order valence-electron chi connectivity index (χ0n) is 35.4. The fourth-order valence-electron chi connectivity index (χ4n) is 8.68. The number of phenolic OH excluding ortho intramolecular Hbond substituents is 1. The Morgan fingerprint density at radius 3 is 1.98 bits per heavy atom. The van der Waals surface area contributed by atoms with Gasteiger partial charge in [0.1, 0.15) is 11.6 Å². The normalized spacial score (nSPS) is 12.4. The molecule has 0 fully saturated rings. The van der Waals surface area contributed by atoms with E-state index in [-0.39, 0.29) is 11.3 Å². The van der Waals surface area contributed by atoms with Gasteiger partial charge in [0.05, 0.1) is 39.0 Å². The summed E-state index contributed by atoms with van der Waals surface area (Å²) in [6.45, 7) is -2.32. The Balaban J connectivity index is 1.26. The molecule has 0 radical (unpaired) electrons. The lowest BCUT2D eigenvalue weighted by Crippen LogP contribution is -2.01. The number of hydrogen-bond acceptors (Lipinski definition) is 3. The van der Waals surface area contributed by atoms with Crippen LogP contribution < -0.4 is 0 Å². The highest BCUT2D eigenvalue weighted by atomic mass is 16.3. The number of pyridine rings is 1. The number of hydrogen-bond donors (Lipinski definition) is 1. The second-order valence-electron chi connectivity index (χ2n) is 15.0. The highest BCUT2D eigenvalue weighted by Crippen LogP contribution is 2.45. The quantitative estimate of drug-likeness (QED) is 0.175. The number of rotatable bonds is 7. The Hall–Kier alpha value is -8.02. The molecule has 3 heterocycles. The van der Waals surface area contributed by atoms with E-state index in [0.29, 0.717) is 16.9 Å². The predicted octanol–water partition coefficient (Wildman–Crippen LogP) is 13.9. The maximum Gasteiger partial charge on any atom is 0.149 e. The number of aryl methyl sites for hydroxylation is 1. The zero-order chi connectivity index (χ0) is 42.7. The van der Waals surface area contributed by atoms with Crippen molar-refractivity contribution in [1.29, 1.82) is 0 Å². The summed E-state index contributed by atoms with van der Waals surface area (Å²) in [6, 6.07) is 66.4. The summed E-state index contributed by atoms with van der Waals surface area (Å²) >= 11 is 0. The lowest BCUT2D eigenvalue weighted by Gasteiger charge is -2.17. The summed E-state index contributed by atoms with van der Waals surface area (Å²) in [7, 11) is 0. The summed E-state index contributed by atoms with van der Waals surface area (Å²) < 4.78 is 29.4. The molecular formula is C55H38N4O. The van der Waals surface area contributed by atoms with E-state index in [4.69, 9.17) is 14.1 Å². The largest absolute Gasteiger partial charge is 0.507 e. The van der Waals surface area contributed by atoms with Gasteiger partial charge in [0, 0.05) is 49.0 Å². The van der Waals surface area contributed by atoms with Crippen LogP contribution in [0.3, 0.4) is 0 Å². The van der Waals surface area contributed by atoms with Crippen molar-refractivity contribution in [1.82, 2.24) is 19.1 Å². The van der Waals surface area contributed by atoms with Gasteiger partial charge in [0.15, 0.2) is 0 Å². The SMILES string of the molecule is [2H]C([2H])([2H])c1ccc(-n2c(-c3ccccc3O)nc3c(-c4cc(-c5cc(-c6ccccc6)ccn5)cc5c6ccccc6n(-c6ccccc6)c45)cccc32)c(-c2ccccc2)c1. The van der Waals surface area contributed by atoms with Crippen LogP contribution in [0.1, 0.15) is 9.68 Å². The highest BCUT2D eigenvalue weighted by Gasteiger charge is 2.25. The van der Waals surface area contributed by atoms with Gasteiger partial charge < -0.3 is 9.67 Å². The Morgan fingerprint density at radius 1 is 0.483 bits per heavy atom. The molecule has 60 heavy (non-hydrogen) atoms. The minimum atomic E-state index is -2.32. The molecule has 0 aliphatic carbocycles. The molecule has 5 heteroatoms. The van der Waals surface area contributed by atoms with Gasteiger partial charge in [0.25, 0.3) is 0 Å². The molecule has 0 amide bonds. The number of aromatic nitrogens is 4. The second kappa shape index (κ2) is 14.4. The van der Waals surface area contributed by atoms with Crippen molar-refractivity contribution in [3.63, 3.8) is 0 Å². The van der Waals surface area contributed by atoms with Gasteiger partial charge in [-0.25, -0.2) is 4.98 Å². The van der Waals surface area contributed by atoms with E-state index in [0.717, 1.165) is 83.3 Å². The lowest BCUT2D eigenvalue weighted by molar-refractivity contribution is 0.477. The zero-order valence-corrected chi connectivity index (χ0v) is 32.4. The number of fused-ring (bicyclic) bond motifs is 4. The average molecular weight is 774 g/mol. The van der Waals surface area contributed by atoms with E-state index >= 15 is 0 Å². The summed E-state index contributed by atoms with van der Waals surface area (Å²) in [6.07, 6.45) is 1.87. The maximum atomic E-state index is 11.5. The first-order chi connectivity index (χ1) is 30.8. The first-order valence-electron chi connectivity index (χ1n) is 21.5. The summed E-state index contributed by atoms with van der Waals surface area (Å²) in [5, 5.41) is 13.7. The van der Waals surface area contributed by atoms with Crippen LogP contribution in [0.2, 0.25) is 0 Å².